The van der Waals surface area contributed by atoms with E-state index in [1.54, 1.807) is 0 Å². The van der Waals surface area contributed by atoms with Crippen LogP contribution in [-0.2, 0) is 9.59 Å². The molecular weight excluding hydrogens is 212 g/mol. The molecule has 0 bridgehead atoms. The Morgan fingerprint density at radius 2 is 1.24 bits per heavy atom. The zero-order valence-electron chi connectivity index (χ0n) is 10.8. The first kappa shape index (κ1) is 10.9. The van der Waals surface area contributed by atoms with Crippen molar-refractivity contribution in [3.63, 3.8) is 0 Å². The predicted octanol–water partition coefficient (Wildman–Crippen LogP) is 2.55. The van der Waals surface area contributed by atoms with E-state index >= 15 is 0 Å². The fraction of sp³-hybridized carbons (Fsp3) is 0.600. The average molecular weight is 230 g/mol. The zero-order chi connectivity index (χ0) is 12.5. The van der Waals surface area contributed by atoms with Crippen LogP contribution in [0.3, 0.4) is 0 Å². The summed E-state index contributed by atoms with van der Waals surface area (Å²) in [4.78, 5) is 24.5. The maximum Gasteiger partial charge on any atom is 0.162 e. The lowest BCUT2D eigenvalue weighted by Crippen LogP contribution is -2.26. The fourth-order valence-corrected chi connectivity index (χ4v) is 4.11. The van der Waals surface area contributed by atoms with Crippen LogP contribution in [0, 0.1) is 29.1 Å². The first-order chi connectivity index (χ1) is 7.85. The Morgan fingerprint density at radius 1 is 0.882 bits per heavy atom. The summed E-state index contributed by atoms with van der Waals surface area (Å²) in [6, 6.07) is 0. The van der Waals surface area contributed by atoms with Crippen LogP contribution in [0.25, 0.3) is 0 Å². The van der Waals surface area contributed by atoms with Gasteiger partial charge in [0.1, 0.15) is 0 Å². The number of hydrogen-bond acceptors (Lipinski definition) is 2. The van der Waals surface area contributed by atoms with E-state index in [1.807, 2.05) is 13.8 Å². The molecule has 0 aromatic carbocycles. The summed E-state index contributed by atoms with van der Waals surface area (Å²) in [5, 5.41) is 0. The summed E-state index contributed by atoms with van der Waals surface area (Å²) >= 11 is 0. The van der Waals surface area contributed by atoms with Gasteiger partial charge >= 0.3 is 0 Å². The van der Waals surface area contributed by atoms with Gasteiger partial charge in [-0.2, -0.15) is 0 Å². The third kappa shape index (κ3) is 1.11. The third-order valence-electron chi connectivity index (χ3n) is 5.12. The van der Waals surface area contributed by atoms with Gasteiger partial charge in [-0.15, -0.1) is 0 Å². The molecule has 4 atom stereocenters. The van der Waals surface area contributed by atoms with Gasteiger partial charge in [0.15, 0.2) is 11.6 Å². The van der Waals surface area contributed by atoms with Crippen molar-refractivity contribution in [2.75, 3.05) is 0 Å². The maximum atomic E-state index is 12.2. The molecular formula is C15H18O2. The number of Topliss-reactive ketones (excluding diaryl/α,β-unsaturated/α-hetero) is 2. The lowest BCUT2D eigenvalue weighted by atomic mass is 9.75. The predicted molar refractivity (Wildman–Crippen MR) is 65.3 cm³/mol. The van der Waals surface area contributed by atoms with Gasteiger partial charge in [0.2, 0.25) is 0 Å². The lowest BCUT2D eigenvalue weighted by molar-refractivity contribution is -0.127. The highest BCUT2D eigenvalue weighted by Crippen LogP contribution is 2.61. The minimum Gasteiger partial charge on any atom is -0.294 e. The van der Waals surface area contributed by atoms with E-state index in [2.05, 4.69) is 26.0 Å². The Bertz CT molecular complexity index is 449. The van der Waals surface area contributed by atoms with Gasteiger partial charge in [0.05, 0.1) is 0 Å². The van der Waals surface area contributed by atoms with Crippen molar-refractivity contribution in [3.05, 3.63) is 23.3 Å². The Hall–Kier alpha value is -1.18. The molecule has 90 valence electrons. The summed E-state index contributed by atoms with van der Waals surface area (Å²) in [6.45, 7) is 8.15. The van der Waals surface area contributed by atoms with Crippen molar-refractivity contribution in [2.45, 2.75) is 27.7 Å². The topological polar surface area (TPSA) is 34.1 Å². The van der Waals surface area contributed by atoms with E-state index in [4.69, 9.17) is 0 Å². The van der Waals surface area contributed by atoms with E-state index in [9.17, 15) is 9.59 Å². The van der Waals surface area contributed by atoms with Crippen LogP contribution in [-0.4, -0.2) is 11.6 Å². The average Bonchev–Trinajstić information content (AvgIpc) is 2.76. The van der Waals surface area contributed by atoms with Crippen LogP contribution in [0.4, 0.5) is 0 Å². The van der Waals surface area contributed by atoms with Gasteiger partial charge in [0.25, 0.3) is 0 Å². The number of allylic oxidation sites excluding steroid dienone is 4. The summed E-state index contributed by atoms with van der Waals surface area (Å²) in [5.41, 5.74) is 1.73. The van der Waals surface area contributed by atoms with E-state index in [1.165, 1.54) is 0 Å². The second kappa shape index (κ2) is 2.98. The standard InChI is InChI=1S/C15H18O2/c1-7-5-9-11(13(7)16)12-10(15(9,3)4)6-8(2)14(12)17/h5-6,9-12H,1-4H3/t9-,10-,11+,12+/m0/s1. The summed E-state index contributed by atoms with van der Waals surface area (Å²) in [7, 11) is 0. The largest absolute Gasteiger partial charge is 0.294 e. The van der Waals surface area contributed by atoms with Crippen molar-refractivity contribution < 1.29 is 9.59 Å². The Labute approximate surface area is 102 Å². The summed E-state index contributed by atoms with van der Waals surface area (Å²) < 4.78 is 0. The molecule has 0 aromatic heterocycles. The molecule has 0 saturated heterocycles. The summed E-state index contributed by atoms with van der Waals surface area (Å²) in [5.74, 6) is 0.725. The SMILES string of the molecule is CC1=C[C@H]2[C@@H](C1=O)[C@@H]1C(=O)C(C)=C[C@@H]1C2(C)C. The van der Waals surface area contributed by atoms with E-state index in [0.717, 1.165) is 11.1 Å². The maximum absolute atomic E-state index is 12.2. The highest BCUT2D eigenvalue weighted by molar-refractivity contribution is 6.08. The highest BCUT2D eigenvalue weighted by atomic mass is 16.1. The second-order valence-electron chi connectivity index (χ2n) is 6.35. The van der Waals surface area contributed by atoms with E-state index < -0.39 is 0 Å². The third-order valence-corrected chi connectivity index (χ3v) is 5.12. The number of hydrogen-bond donors (Lipinski definition) is 0. The molecule has 2 nitrogen and oxygen atoms in total. The molecule has 3 aliphatic rings. The molecule has 0 unspecified atom stereocenters. The molecule has 2 heteroatoms. The van der Waals surface area contributed by atoms with Crippen molar-refractivity contribution >= 4 is 11.6 Å². The molecule has 0 spiro atoms. The zero-order valence-corrected chi connectivity index (χ0v) is 10.8. The van der Waals surface area contributed by atoms with Crippen molar-refractivity contribution in [2.24, 2.45) is 29.1 Å². The quantitative estimate of drug-likeness (QED) is 0.641. The number of carbonyl (C=O) groups is 2. The van der Waals surface area contributed by atoms with Gasteiger partial charge in [-0.1, -0.05) is 26.0 Å². The van der Waals surface area contributed by atoms with Crippen LogP contribution >= 0.6 is 0 Å². The van der Waals surface area contributed by atoms with E-state index in [0.29, 0.717) is 0 Å². The molecule has 0 aliphatic heterocycles. The Kier molecular flexibility index (Phi) is 1.92. The van der Waals surface area contributed by atoms with Crippen LogP contribution in [0.5, 0.6) is 0 Å². The van der Waals surface area contributed by atoms with Gasteiger partial charge in [-0.3, -0.25) is 9.59 Å². The Morgan fingerprint density at radius 3 is 1.59 bits per heavy atom. The van der Waals surface area contributed by atoms with Crippen molar-refractivity contribution in [1.29, 1.82) is 0 Å². The molecule has 1 fully saturated rings. The molecule has 0 N–H and O–H groups in total. The molecule has 3 rings (SSSR count). The first-order valence-corrected chi connectivity index (χ1v) is 6.31. The monoisotopic (exact) mass is 230 g/mol. The molecule has 1 saturated carbocycles. The van der Waals surface area contributed by atoms with Crippen LogP contribution in [0.15, 0.2) is 23.3 Å². The second-order valence-corrected chi connectivity index (χ2v) is 6.35. The van der Waals surface area contributed by atoms with E-state index in [-0.39, 0.29) is 40.7 Å². The number of carbonyl (C=O) groups excluding carboxylic acids is 2. The smallest absolute Gasteiger partial charge is 0.162 e. The minimum absolute atomic E-state index is 0.0240. The fourth-order valence-electron chi connectivity index (χ4n) is 4.11. The lowest BCUT2D eigenvalue weighted by Gasteiger charge is -2.29. The number of fused-ring (bicyclic) bond motifs is 3. The summed E-state index contributed by atoms with van der Waals surface area (Å²) in [6.07, 6.45) is 4.20. The van der Waals surface area contributed by atoms with Gasteiger partial charge in [0, 0.05) is 11.8 Å². The minimum atomic E-state index is -0.0869. The highest BCUT2D eigenvalue weighted by Gasteiger charge is 2.62. The van der Waals surface area contributed by atoms with Gasteiger partial charge < -0.3 is 0 Å². The molecule has 17 heavy (non-hydrogen) atoms. The molecule has 0 amide bonds. The Balaban J connectivity index is 2.13. The molecule has 0 radical (unpaired) electrons. The van der Waals surface area contributed by atoms with Crippen LogP contribution < -0.4 is 0 Å². The van der Waals surface area contributed by atoms with Gasteiger partial charge in [-0.25, -0.2) is 0 Å². The molecule has 0 heterocycles. The molecule has 3 aliphatic carbocycles. The number of rotatable bonds is 0. The van der Waals surface area contributed by atoms with Crippen molar-refractivity contribution in [1.82, 2.24) is 0 Å². The van der Waals surface area contributed by atoms with Crippen LogP contribution in [0.1, 0.15) is 27.7 Å². The molecule has 0 aromatic rings. The normalized spacial score (nSPS) is 42.4. The first-order valence-electron chi connectivity index (χ1n) is 6.31. The van der Waals surface area contributed by atoms with Crippen LogP contribution in [0.2, 0.25) is 0 Å². The van der Waals surface area contributed by atoms with Crippen molar-refractivity contribution in [3.8, 4) is 0 Å². The number of ketones is 2. The van der Waals surface area contributed by atoms with Gasteiger partial charge in [-0.05, 0) is 42.2 Å².